The van der Waals surface area contributed by atoms with Gasteiger partial charge in [0.25, 0.3) is 0 Å². The molecule has 0 aromatic heterocycles. The quantitative estimate of drug-likeness (QED) is 0.0284. The van der Waals surface area contributed by atoms with E-state index in [1.54, 1.807) is 12.1 Å². The maximum atomic E-state index is 14.0. The van der Waals surface area contributed by atoms with Crippen LogP contribution in [0.2, 0.25) is 0 Å². The molecule has 358 valence electrons. The van der Waals surface area contributed by atoms with Crippen LogP contribution in [0, 0.1) is 5.82 Å². The van der Waals surface area contributed by atoms with Gasteiger partial charge in [0.1, 0.15) is 42.5 Å². The van der Waals surface area contributed by atoms with Crippen LogP contribution in [0.1, 0.15) is 81.1 Å². The molecule has 5 aromatic rings. The van der Waals surface area contributed by atoms with Gasteiger partial charge in [0.15, 0.2) is 24.1 Å². The normalized spacial score (nSPS) is 21.0. The maximum absolute atomic E-state index is 14.0. The molecule has 2 fully saturated rings. The van der Waals surface area contributed by atoms with Crippen LogP contribution in [0.4, 0.5) is 14.9 Å². The third-order valence-electron chi connectivity index (χ3n) is 11.5. The molecule has 0 spiro atoms. The Bertz CT molecular complexity index is 2670. The maximum Gasteiger partial charge on any atom is 0.415 e. The largest absolute Gasteiger partial charge is 0.493 e. The third-order valence-corrected chi connectivity index (χ3v) is 11.5. The zero-order chi connectivity index (χ0) is 49.2. The molecule has 14 nitrogen and oxygen atoms in total. The van der Waals surface area contributed by atoms with Gasteiger partial charge in [0.2, 0.25) is 0 Å². The molecule has 7 atom stereocenters. The van der Waals surface area contributed by atoms with Gasteiger partial charge < -0.3 is 33.2 Å². The molecule has 0 radical (unpaired) electrons. The van der Waals surface area contributed by atoms with Gasteiger partial charge in [-0.25, -0.2) is 9.18 Å². The fraction of sp³-hybridized carbons (Fsp3) is 0.296. The molecule has 0 aliphatic carbocycles. The number of ether oxygens (including phenoxy) is 7. The fourth-order valence-corrected chi connectivity index (χ4v) is 8.33. The molecule has 2 aliphatic rings. The van der Waals surface area contributed by atoms with Crippen LogP contribution in [0.3, 0.4) is 0 Å². The summed E-state index contributed by atoms with van der Waals surface area (Å²) in [4.78, 5) is 77.9. The number of nitrogens with zero attached hydrogens (tertiary/aromatic N) is 1. The second kappa shape index (κ2) is 22.4. The van der Waals surface area contributed by atoms with Crippen molar-refractivity contribution in [1.29, 1.82) is 0 Å². The van der Waals surface area contributed by atoms with Crippen LogP contribution >= 0.6 is 0 Å². The first-order chi connectivity index (χ1) is 33.2. The lowest BCUT2D eigenvalue weighted by Crippen LogP contribution is -2.59. The SMILES string of the molecule is CCCCOc1cc(-c2ccc(C3O[C@H](COC(C)=O)[C@@H](OC(C)=O)[C@H](OC(C)=O)[C@H]3OC(C)=O)cc2)ccc1[C@@H]1[C@@H](/C=C/C(=O)c2ccc(F)cc2)OC(=O)N1c1ccc(-c2ccccc2)cc1. The zero-order valence-corrected chi connectivity index (χ0v) is 38.7. The number of carbonyl (C=O) groups excluding carboxylic acids is 6. The van der Waals surface area contributed by atoms with Gasteiger partial charge in [0, 0.05) is 44.5 Å². The molecule has 0 bridgehead atoms. The summed E-state index contributed by atoms with van der Waals surface area (Å²) < 4.78 is 54.7. The van der Waals surface area contributed by atoms with Gasteiger partial charge in [-0.15, -0.1) is 0 Å². The van der Waals surface area contributed by atoms with E-state index in [0.29, 0.717) is 29.2 Å². The van der Waals surface area contributed by atoms with E-state index in [1.807, 2.05) is 91.9 Å². The van der Waals surface area contributed by atoms with E-state index >= 15 is 0 Å². The highest BCUT2D eigenvalue weighted by Gasteiger charge is 2.52. The van der Waals surface area contributed by atoms with Crippen LogP contribution in [-0.4, -0.2) is 79.5 Å². The number of hydrogen-bond acceptors (Lipinski definition) is 13. The Hall–Kier alpha value is -7.65. The average molecular weight is 942 g/mol. The first kappa shape index (κ1) is 49.3. The molecule has 2 saturated heterocycles. The van der Waals surface area contributed by atoms with Crippen molar-refractivity contribution in [2.45, 2.75) is 90.1 Å². The van der Waals surface area contributed by atoms with Gasteiger partial charge in [-0.3, -0.25) is 28.9 Å². The summed E-state index contributed by atoms with van der Waals surface area (Å²) in [7, 11) is 0. The lowest BCUT2D eigenvalue weighted by molar-refractivity contribution is -0.254. The summed E-state index contributed by atoms with van der Waals surface area (Å²) in [5, 5.41) is 0. The minimum atomic E-state index is -1.34. The van der Waals surface area contributed by atoms with Crippen molar-refractivity contribution in [1.82, 2.24) is 0 Å². The minimum Gasteiger partial charge on any atom is -0.493 e. The Morgan fingerprint density at radius 2 is 1.28 bits per heavy atom. The second-order valence-corrected chi connectivity index (χ2v) is 16.5. The van der Waals surface area contributed by atoms with Crippen molar-refractivity contribution in [2.24, 2.45) is 0 Å². The lowest BCUT2D eigenvalue weighted by Gasteiger charge is -2.44. The number of carbonyl (C=O) groups is 6. The minimum absolute atomic E-state index is 0.259. The molecule has 0 N–H and O–H groups in total. The van der Waals surface area contributed by atoms with Gasteiger partial charge in [0.05, 0.1) is 6.61 Å². The highest BCUT2D eigenvalue weighted by molar-refractivity contribution is 6.04. The number of rotatable bonds is 17. The number of hydrogen-bond donors (Lipinski definition) is 0. The molecule has 7 rings (SSSR count). The highest BCUT2D eigenvalue weighted by Crippen LogP contribution is 2.44. The van der Waals surface area contributed by atoms with E-state index in [0.717, 1.165) is 48.9 Å². The van der Waals surface area contributed by atoms with Crippen molar-refractivity contribution in [3.05, 3.63) is 156 Å². The van der Waals surface area contributed by atoms with Gasteiger partial charge in [-0.05, 0) is 88.9 Å². The summed E-state index contributed by atoms with van der Waals surface area (Å²) in [6.07, 6.45) is -3.30. The van der Waals surface area contributed by atoms with E-state index in [1.165, 1.54) is 55.2 Å². The van der Waals surface area contributed by atoms with Crippen molar-refractivity contribution in [3.8, 4) is 28.0 Å². The monoisotopic (exact) mass is 941 g/mol. The first-order valence-electron chi connectivity index (χ1n) is 22.5. The number of allylic oxidation sites excluding steroid dienone is 1. The van der Waals surface area contributed by atoms with Crippen molar-refractivity contribution in [2.75, 3.05) is 18.1 Å². The first-order valence-corrected chi connectivity index (χ1v) is 22.5. The molecule has 2 heterocycles. The van der Waals surface area contributed by atoms with Crippen LogP contribution in [0.15, 0.2) is 133 Å². The number of anilines is 1. The molecule has 1 amide bonds. The van der Waals surface area contributed by atoms with Gasteiger partial charge >= 0.3 is 30.0 Å². The summed E-state index contributed by atoms with van der Waals surface area (Å²) in [6, 6.07) is 34.4. The van der Waals surface area contributed by atoms with Crippen LogP contribution < -0.4 is 9.64 Å². The molecule has 1 unspecified atom stereocenters. The zero-order valence-electron chi connectivity index (χ0n) is 38.7. The van der Waals surface area contributed by atoms with E-state index in [2.05, 4.69) is 0 Å². The number of amides is 1. The van der Waals surface area contributed by atoms with Crippen LogP contribution in [-0.2, 0) is 47.6 Å². The Morgan fingerprint density at radius 3 is 1.91 bits per heavy atom. The highest BCUT2D eigenvalue weighted by atomic mass is 19.1. The van der Waals surface area contributed by atoms with Crippen molar-refractivity contribution >= 4 is 41.4 Å². The molecule has 69 heavy (non-hydrogen) atoms. The summed E-state index contributed by atoms with van der Waals surface area (Å²) in [5.41, 5.74) is 5.29. The smallest absolute Gasteiger partial charge is 0.415 e. The fourth-order valence-electron chi connectivity index (χ4n) is 8.33. The van der Waals surface area contributed by atoms with Crippen LogP contribution in [0.25, 0.3) is 22.3 Å². The van der Waals surface area contributed by atoms with Crippen molar-refractivity contribution in [3.63, 3.8) is 0 Å². The van der Waals surface area contributed by atoms with Gasteiger partial charge in [-0.1, -0.05) is 92.2 Å². The molecular weight excluding hydrogens is 890 g/mol. The van der Waals surface area contributed by atoms with E-state index < -0.39 is 84.2 Å². The standard InChI is InChI=1S/C54H52FNO13/c1-6-7-29-63-47-30-41(38-13-15-40(16-14-38)50-52(66-34(4)59)53(67-35(5)60)51(65-33(3)58)48(68-50)31-64-32(2)57)21-26-44(47)49-46(28-27-45(61)39-17-22-42(55)23-18-39)69-54(62)56(49)43-24-19-37(20-25-43)36-11-9-8-10-12-36/h8-28,30,46,48-53H,6-7,29,31H2,1-5H3/b28-27+/t46-,48-,49-,50?,51-,52+,53+/m1/s1. The lowest BCUT2D eigenvalue weighted by atomic mass is 9.89. The van der Waals surface area contributed by atoms with E-state index in [-0.39, 0.29) is 12.2 Å². The van der Waals surface area contributed by atoms with Crippen LogP contribution in [0.5, 0.6) is 5.75 Å². The second-order valence-electron chi connectivity index (χ2n) is 16.5. The van der Waals surface area contributed by atoms with Crippen molar-refractivity contribution < 1.29 is 66.3 Å². The van der Waals surface area contributed by atoms with Gasteiger partial charge in [-0.2, -0.15) is 0 Å². The van der Waals surface area contributed by atoms with E-state index in [4.69, 9.17) is 33.2 Å². The number of unbranched alkanes of at least 4 members (excludes halogenated alkanes) is 1. The third kappa shape index (κ3) is 12.1. The number of esters is 4. The molecule has 15 heteroatoms. The number of cyclic esters (lactones) is 1. The molecule has 0 saturated carbocycles. The predicted octanol–water partition coefficient (Wildman–Crippen LogP) is 9.64. The molecule has 2 aliphatic heterocycles. The molecular formula is C54H52FNO13. The summed E-state index contributed by atoms with van der Waals surface area (Å²) in [5.74, 6) is -3.24. The number of ketones is 1. The number of halogens is 1. The average Bonchev–Trinajstić information content (AvgIpc) is 3.66. The predicted molar refractivity (Wildman–Crippen MR) is 250 cm³/mol. The Balaban J connectivity index is 1.26. The summed E-state index contributed by atoms with van der Waals surface area (Å²) >= 11 is 0. The van der Waals surface area contributed by atoms with E-state index in [9.17, 15) is 33.2 Å². The Kier molecular flexibility index (Phi) is 16.0. The number of benzene rings is 5. The topological polar surface area (TPSA) is 170 Å². The Labute approximate surface area is 398 Å². The Morgan fingerprint density at radius 1 is 0.681 bits per heavy atom. The molecule has 5 aromatic carbocycles. The summed E-state index contributed by atoms with van der Waals surface area (Å²) in [6.45, 7) is 6.73.